The molecule has 0 saturated heterocycles. The summed E-state index contributed by atoms with van der Waals surface area (Å²) in [5, 5.41) is 29.2. The van der Waals surface area contributed by atoms with Crippen LogP contribution in [0.2, 0.25) is 0 Å². The number of carboxylic acid groups (broad SMARTS) is 3. The van der Waals surface area contributed by atoms with Crippen molar-refractivity contribution in [3.63, 3.8) is 0 Å². The molecule has 11 heteroatoms. The van der Waals surface area contributed by atoms with Crippen molar-refractivity contribution >= 4 is 17.9 Å². The van der Waals surface area contributed by atoms with Gasteiger partial charge < -0.3 is 34.4 Å². The van der Waals surface area contributed by atoms with E-state index in [0.717, 1.165) is 0 Å². The van der Waals surface area contributed by atoms with Crippen LogP contribution in [0.5, 0.6) is 0 Å². The molecule has 0 heterocycles. The molecule has 0 fully saturated rings. The number of carboxylic acids is 3. The average molecular weight is 289 g/mol. The fraction of sp³-hybridized carbons (Fsp3) is 0.571. The number of carbonyl (C=O) groups excluding carboxylic acids is 2. The van der Waals surface area contributed by atoms with E-state index in [9.17, 15) is 24.6 Å². The molecule has 0 spiro atoms. The first-order valence-corrected chi connectivity index (χ1v) is 3.79. The van der Waals surface area contributed by atoms with Crippen LogP contribution in [0.25, 0.3) is 0 Å². The normalized spacial score (nSPS) is 9.17. The van der Waals surface area contributed by atoms with Crippen molar-refractivity contribution in [3.8, 4) is 0 Å². The van der Waals surface area contributed by atoms with Crippen molar-refractivity contribution in [3.05, 3.63) is 0 Å². The summed E-state index contributed by atoms with van der Waals surface area (Å²) in [6, 6.07) is 0. The van der Waals surface area contributed by atoms with E-state index < -0.39 is 30.3 Å². The number of hydrogen-bond acceptors (Lipinski definition) is 7. The quantitative estimate of drug-likeness (QED) is 0.277. The molecule has 18 heavy (non-hydrogen) atoms. The maximum Gasteiger partial charge on any atom is 1.00 e. The summed E-state index contributed by atoms with van der Waals surface area (Å²) in [6.07, 6.45) is 0. The minimum atomic E-state index is -3.19. The van der Waals surface area contributed by atoms with Gasteiger partial charge in [-0.15, -0.1) is 0 Å². The van der Waals surface area contributed by atoms with Gasteiger partial charge in [-0.25, -0.2) is 4.79 Å². The van der Waals surface area contributed by atoms with Gasteiger partial charge in [0.1, 0.15) is 18.5 Å². The Kier molecular flexibility index (Phi) is 20.4. The Bertz CT molecular complexity index is 268. The number of hydrogen-bond donors (Lipinski definition) is 1. The van der Waals surface area contributed by atoms with Crippen LogP contribution < -0.4 is 98.9 Å². The number of carbonyl (C=O) groups is 3. The van der Waals surface area contributed by atoms with Crippen molar-refractivity contribution in [1.82, 2.24) is 0 Å². The van der Waals surface area contributed by atoms with Crippen LogP contribution in [-0.4, -0.2) is 42.0 Å². The summed E-state index contributed by atoms with van der Waals surface area (Å²) < 4.78 is 8.40. The van der Waals surface area contributed by atoms with Crippen molar-refractivity contribution in [2.45, 2.75) is 12.7 Å². The fourth-order valence-corrected chi connectivity index (χ4v) is 0.727. The van der Waals surface area contributed by atoms with Crippen molar-refractivity contribution in [1.29, 1.82) is 0 Å². The fourth-order valence-electron chi connectivity index (χ4n) is 0.727. The molecule has 8 nitrogen and oxygen atoms in total. The molecule has 0 aromatic rings. The summed E-state index contributed by atoms with van der Waals surface area (Å²) in [7, 11) is 0. The van der Waals surface area contributed by atoms with Gasteiger partial charge in [-0.3, -0.25) is 0 Å². The van der Waals surface area contributed by atoms with Crippen LogP contribution in [0.1, 0.15) is 6.92 Å². The Balaban J connectivity index is -0.000000327. The first kappa shape index (κ1) is 27.6. The van der Waals surface area contributed by atoms with Crippen LogP contribution in [0.3, 0.4) is 0 Å². The molecule has 0 aromatic carbocycles. The monoisotopic (exact) mass is 289 g/mol. The average Bonchev–Trinajstić information content (AvgIpc) is 2.10. The second-order valence-corrected chi connectivity index (χ2v) is 2.31. The Morgan fingerprint density at radius 2 is 1.44 bits per heavy atom. The summed E-state index contributed by atoms with van der Waals surface area (Å²) in [4.78, 5) is 31.1. The maximum atomic E-state index is 10.5. The van der Waals surface area contributed by atoms with Gasteiger partial charge in [0, 0.05) is 6.61 Å². The molecule has 0 radical (unpaired) electrons. The van der Waals surface area contributed by atoms with Crippen LogP contribution in [-0.2, 0) is 23.9 Å². The van der Waals surface area contributed by atoms with Gasteiger partial charge in [0.15, 0.2) is 0 Å². The third-order valence-electron chi connectivity index (χ3n) is 1.28. The topological polar surface area (TPSA) is 136 Å². The molecule has 0 aromatic heterocycles. The van der Waals surface area contributed by atoms with E-state index in [1.54, 1.807) is 0 Å². The number of aliphatic carboxylic acids is 3. The molecule has 0 unspecified atom stereocenters. The Hall–Kier alpha value is 1.33. The largest absolute Gasteiger partial charge is 1.00 e. The minimum absolute atomic E-state index is 0. The predicted octanol–water partition coefficient (Wildman–Crippen LogP) is -12.7. The summed E-state index contributed by atoms with van der Waals surface area (Å²) >= 11 is 0. The summed E-state index contributed by atoms with van der Waals surface area (Å²) in [6.45, 7) is -0.200. The first-order chi connectivity index (χ1) is 6.86. The maximum absolute atomic E-state index is 10.5. The molecule has 0 aliphatic heterocycles. The molecule has 0 saturated carbocycles. The van der Waals surface area contributed by atoms with Crippen LogP contribution in [0.4, 0.5) is 0 Å². The molecule has 0 atom stereocenters. The Morgan fingerprint density at radius 3 is 1.67 bits per heavy atom. The van der Waals surface area contributed by atoms with Crippen molar-refractivity contribution in [2.75, 3.05) is 13.2 Å². The van der Waals surface area contributed by atoms with Crippen molar-refractivity contribution in [2.24, 2.45) is 0 Å². The minimum Gasteiger partial charge on any atom is -0.544 e. The zero-order valence-electron chi connectivity index (χ0n) is 10.7. The molecule has 0 amide bonds. The third kappa shape index (κ3) is 8.49. The second-order valence-electron chi connectivity index (χ2n) is 2.31. The van der Waals surface area contributed by atoms with E-state index >= 15 is 0 Å². The zero-order valence-corrected chi connectivity index (χ0v) is 16.7. The van der Waals surface area contributed by atoms with Crippen LogP contribution >= 0.6 is 0 Å². The Labute approximate surface area is 169 Å². The third-order valence-corrected chi connectivity index (χ3v) is 1.28. The Morgan fingerprint density at radius 1 is 1.06 bits per heavy atom. The van der Waals surface area contributed by atoms with Crippen molar-refractivity contribution < 1.29 is 128 Å². The van der Waals surface area contributed by atoms with E-state index in [0.29, 0.717) is 0 Å². The molecule has 0 rings (SSSR count). The van der Waals surface area contributed by atoms with E-state index in [4.69, 9.17) is 5.11 Å². The molecule has 0 aliphatic carbocycles. The smallest absolute Gasteiger partial charge is 0.544 e. The van der Waals surface area contributed by atoms with E-state index in [-0.39, 0.29) is 95.3 Å². The standard InChI is InChI=1S/C7H10O8.3Na/c1-2-14-7(5(10)11,6(12)13)15-3-4(8)9;;;/h2-3H2,1H3,(H,8,9)(H,10,11)(H,12,13);;;/q;3*+1/p-2. The molecule has 1 N–H and O–H groups in total. The zero-order chi connectivity index (χ0) is 12.1. The van der Waals surface area contributed by atoms with Gasteiger partial charge in [0.25, 0.3) is 5.79 Å². The summed E-state index contributed by atoms with van der Waals surface area (Å²) in [5.41, 5.74) is 0. The van der Waals surface area contributed by atoms with Gasteiger partial charge in [-0.05, 0) is 6.92 Å². The van der Waals surface area contributed by atoms with Gasteiger partial charge in [-0.1, -0.05) is 0 Å². The molecular formula is C7H8Na3O8+. The van der Waals surface area contributed by atoms with Gasteiger partial charge in [0.05, 0.1) is 0 Å². The second kappa shape index (κ2) is 13.3. The molecule has 0 aliphatic rings. The molecular weight excluding hydrogens is 281 g/mol. The number of ether oxygens (including phenoxy) is 2. The SMILES string of the molecule is CCOC(OCC(=O)O)(C(=O)[O-])C(=O)[O-].[Na+].[Na+].[Na+]. The predicted molar refractivity (Wildman–Crippen MR) is 38.0 cm³/mol. The first-order valence-electron chi connectivity index (χ1n) is 3.79. The molecule has 86 valence electrons. The van der Waals surface area contributed by atoms with E-state index in [1.165, 1.54) is 6.92 Å². The van der Waals surface area contributed by atoms with Gasteiger partial charge in [0.2, 0.25) is 0 Å². The molecule has 0 bridgehead atoms. The number of rotatable bonds is 7. The van der Waals surface area contributed by atoms with Crippen LogP contribution in [0.15, 0.2) is 0 Å². The van der Waals surface area contributed by atoms with E-state index in [2.05, 4.69) is 9.47 Å². The van der Waals surface area contributed by atoms with Gasteiger partial charge in [-0.2, -0.15) is 0 Å². The van der Waals surface area contributed by atoms with Gasteiger partial charge >= 0.3 is 94.6 Å². The van der Waals surface area contributed by atoms with Crippen LogP contribution in [0, 0.1) is 0 Å². The summed E-state index contributed by atoms with van der Waals surface area (Å²) in [5.74, 6) is -9.20. The van der Waals surface area contributed by atoms with E-state index in [1.807, 2.05) is 0 Å².